The molecule has 0 saturated heterocycles. The fourth-order valence-corrected chi connectivity index (χ4v) is 8.13. The molecule has 0 amide bonds. The third kappa shape index (κ3) is 3.67. The summed E-state index contributed by atoms with van der Waals surface area (Å²) in [5, 5.41) is 10.7. The molecule has 4 aliphatic rings. The maximum Gasteiger partial charge on any atom is 0.302 e. The molecule has 3 fully saturated rings. The zero-order valence-electron chi connectivity index (χ0n) is 19.3. The normalized spacial score (nSPS) is 43.7. The zero-order chi connectivity index (χ0) is 22.4. The van der Waals surface area contributed by atoms with Crippen molar-refractivity contribution in [2.75, 3.05) is 6.61 Å². The second-order valence-corrected chi connectivity index (χ2v) is 10.7. The summed E-state index contributed by atoms with van der Waals surface area (Å²) in [6.07, 6.45) is 11.6. The Kier molecular flexibility index (Phi) is 6.10. The Hall–Kier alpha value is -1.62. The van der Waals surface area contributed by atoms with Crippen molar-refractivity contribution in [3.63, 3.8) is 0 Å². The maximum atomic E-state index is 11.8. The van der Waals surface area contributed by atoms with Gasteiger partial charge in [-0.1, -0.05) is 24.6 Å². The molecule has 0 spiro atoms. The van der Waals surface area contributed by atoms with Crippen LogP contribution in [0.5, 0.6) is 0 Å². The van der Waals surface area contributed by atoms with Crippen molar-refractivity contribution in [1.29, 1.82) is 0 Å². The van der Waals surface area contributed by atoms with E-state index in [0.717, 1.165) is 51.4 Å². The Bertz CT molecular complexity index is 772. The molecule has 0 aromatic rings. The van der Waals surface area contributed by atoms with Gasteiger partial charge in [-0.2, -0.15) is 0 Å². The van der Waals surface area contributed by atoms with Crippen LogP contribution in [-0.2, 0) is 19.1 Å². The minimum atomic E-state index is -0.223. The highest BCUT2D eigenvalue weighted by molar-refractivity contribution is 5.66. The number of esters is 2. The molecule has 4 rings (SSSR count). The molecule has 0 bridgehead atoms. The standard InChI is InChI=1S/C26H38O5/c1-5-6-18-13-23(31-17(3)29)25(4)11-10-22-21(24(18)25)8-7-19-14-20(30-16(2)28)9-12-26(19,22)15-27/h5,7,18,20-24,27H,1,6,8-15H2,2-4H3/t18?,20-,21+,22-,23-,24-,25+,26+/m0/s1. The largest absolute Gasteiger partial charge is 0.462 e. The van der Waals surface area contributed by atoms with Gasteiger partial charge in [0.1, 0.15) is 12.2 Å². The Morgan fingerprint density at radius 3 is 2.61 bits per heavy atom. The quantitative estimate of drug-likeness (QED) is 0.510. The number of fused-ring (bicyclic) bond motifs is 5. The van der Waals surface area contributed by atoms with E-state index in [1.165, 1.54) is 19.4 Å². The van der Waals surface area contributed by atoms with Gasteiger partial charge in [0.05, 0.1) is 6.61 Å². The van der Waals surface area contributed by atoms with Crippen molar-refractivity contribution in [3.8, 4) is 0 Å². The summed E-state index contributed by atoms with van der Waals surface area (Å²) in [6, 6.07) is 0. The molecule has 0 heterocycles. The van der Waals surface area contributed by atoms with Gasteiger partial charge in [0.25, 0.3) is 0 Å². The first-order chi connectivity index (χ1) is 14.7. The van der Waals surface area contributed by atoms with Crippen molar-refractivity contribution in [3.05, 3.63) is 24.3 Å². The van der Waals surface area contributed by atoms with Crippen molar-refractivity contribution >= 4 is 11.9 Å². The van der Waals surface area contributed by atoms with E-state index in [4.69, 9.17) is 9.47 Å². The van der Waals surface area contributed by atoms with E-state index in [2.05, 4.69) is 19.6 Å². The molecular formula is C26H38O5. The Morgan fingerprint density at radius 1 is 1.23 bits per heavy atom. The van der Waals surface area contributed by atoms with Crippen LogP contribution in [0.25, 0.3) is 0 Å². The number of aliphatic hydroxyl groups is 1. The van der Waals surface area contributed by atoms with Crippen LogP contribution in [0.1, 0.15) is 72.1 Å². The Morgan fingerprint density at radius 2 is 1.97 bits per heavy atom. The molecule has 5 nitrogen and oxygen atoms in total. The van der Waals surface area contributed by atoms with Crippen molar-refractivity contribution in [2.45, 2.75) is 84.3 Å². The Balaban J connectivity index is 1.66. The predicted molar refractivity (Wildman–Crippen MR) is 118 cm³/mol. The number of carbonyl (C=O) groups is 2. The number of aliphatic hydroxyl groups excluding tert-OH is 1. The van der Waals surface area contributed by atoms with E-state index in [-0.39, 0.29) is 41.6 Å². The molecule has 3 saturated carbocycles. The molecule has 0 aromatic heterocycles. The highest BCUT2D eigenvalue weighted by Crippen LogP contribution is 2.67. The van der Waals surface area contributed by atoms with Gasteiger partial charge < -0.3 is 14.6 Å². The summed E-state index contributed by atoms with van der Waals surface area (Å²) in [5.74, 6) is 1.41. The first kappa shape index (κ1) is 22.6. The van der Waals surface area contributed by atoms with E-state index in [0.29, 0.717) is 23.7 Å². The van der Waals surface area contributed by atoms with E-state index in [9.17, 15) is 14.7 Å². The number of allylic oxidation sites excluding steroid dienone is 2. The summed E-state index contributed by atoms with van der Waals surface area (Å²) in [5.41, 5.74) is 1.09. The lowest BCUT2D eigenvalue weighted by molar-refractivity contribution is -0.158. The third-order valence-corrected chi connectivity index (χ3v) is 9.23. The van der Waals surface area contributed by atoms with Crippen LogP contribution in [0.2, 0.25) is 0 Å². The smallest absolute Gasteiger partial charge is 0.302 e. The molecule has 0 radical (unpaired) electrons. The first-order valence-electron chi connectivity index (χ1n) is 12.0. The predicted octanol–water partition coefficient (Wildman–Crippen LogP) is 4.59. The monoisotopic (exact) mass is 430 g/mol. The molecule has 1 N–H and O–H groups in total. The number of ether oxygens (including phenoxy) is 2. The van der Waals surface area contributed by atoms with Crippen LogP contribution in [0.15, 0.2) is 24.3 Å². The lowest BCUT2D eigenvalue weighted by Crippen LogP contribution is -2.54. The van der Waals surface area contributed by atoms with Gasteiger partial charge in [0, 0.05) is 31.1 Å². The molecule has 1 unspecified atom stereocenters. The summed E-state index contributed by atoms with van der Waals surface area (Å²) >= 11 is 0. The fraction of sp³-hybridized carbons (Fsp3) is 0.769. The number of carbonyl (C=O) groups excluding carboxylic acids is 2. The van der Waals surface area contributed by atoms with E-state index in [1.807, 2.05) is 6.08 Å². The first-order valence-corrected chi connectivity index (χ1v) is 12.0. The molecule has 172 valence electrons. The van der Waals surface area contributed by atoms with Crippen molar-refractivity contribution in [2.24, 2.45) is 34.5 Å². The van der Waals surface area contributed by atoms with Gasteiger partial charge >= 0.3 is 11.9 Å². The third-order valence-electron chi connectivity index (χ3n) is 9.23. The molecule has 4 aliphatic carbocycles. The highest BCUT2D eigenvalue weighted by atomic mass is 16.5. The number of hydrogen-bond donors (Lipinski definition) is 1. The Labute approximate surface area is 186 Å². The lowest BCUT2D eigenvalue weighted by atomic mass is 9.46. The van der Waals surface area contributed by atoms with Gasteiger partial charge in [0.2, 0.25) is 0 Å². The van der Waals surface area contributed by atoms with E-state index < -0.39 is 0 Å². The molecule has 31 heavy (non-hydrogen) atoms. The van der Waals surface area contributed by atoms with Crippen LogP contribution < -0.4 is 0 Å². The van der Waals surface area contributed by atoms with Gasteiger partial charge in [-0.25, -0.2) is 0 Å². The van der Waals surface area contributed by atoms with Crippen molar-refractivity contribution < 1.29 is 24.2 Å². The fourth-order valence-electron chi connectivity index (χ4n) is 8.13. The summed E-state index contributed by atoms with van der Waals surface area (Å²) in [6.45, 7) is 9.48. The van der Waals surface area contributed by atoms with Crippen LogP contribution in [0, 0.1) is 34.5 Å². The summed E-state index contributed by atoms with van der Waals surface area (Å²) in [7, 11) is 0. The van der Waals surface area contributed by atoms with E-state index in [1.54, 1.807) is 0 Å². The highest BCUT2D eigenvalue weighted by Gasteiger charge is 2.63. The molecule has 0 aromatic carbocycles. The molecule has 5 heteroatoms. The topological polar surface area (TPSA) is 72.8 Å². The van der Waals surface area contributed by atoms with E-state index >= 15 is 0 Å². The second kappa shape index (κ2) is 8.38. The van der Waals surface area contributed by atoms with Gasteiger partial charge in [0.15, 0.2) is 0 Å². The minimum Gasteiger partial charge on any atom is -0.462 e. The van der Waals surface area contributed by atoms with Gasteiger partial charge in [-0.15, -0.1) is 6.58 Å². The molecule has 0 aliphatic heterocycles. The number of hydrogen-bond acceptors (Lipinski definition) is 5. The molecular weight excluding hydrogens is 392 g/mol. The maximum absolute atomic E-state index is 11.8. The van der Waals surface area contributed by atoms with Crippen LogP contribution in [0.4, 0.5) is 0 Å². The minimum absolute atomic E-state index is 0.0164. The summed E-state index contributed by atoms with van der Waals surface area (Å²) < 4.78 is 11.4. The van der Waals surface area contributed by atoms with Gasteiger partial charge in [-0.3, -0.25) is 9.59 Å². The average molecular weight is 431 g/mol. The van der Waals surface area contributed by atoms with Crippen LogP contribution >= 0.6 is 0 Å². The van der Waals surface area contributed by atoms with Crippen LogP contribution in [0.3, 0.4) is 0 Å². The second-order valence-electron chi connectivity index (χ2n) is 10.7. The van der Waals surface area contributed by atoms with Gasteiger partial charge in [-0.05, 0) is 68.6 Å². The zero-order valence-corrected chi connectivity index (χ0v) is 19.3. The average Bonchev–Trinajstić information content (AvgIpc) is 2.98. The summed E-state index contributed by atoms with van der Waals surface area (Å²) in [4.78, 5) is 23.3. The number of rotatable bonds is 5. The SMILES string of the molecule is C=CCC1C[C@H](OC(C)=O)[C@@]2(C)CC[C@H]3[C@@H](CC=C4C[C@@H](OC(C)=O)CC[C@@]43CO)[C@H]12. The van der Waals surface area contributed by atoms with Crippen molar-refractivity contribution in [1.82, 2.24) is 0 Å². The molecule has 8 atom stereocenters. The lowest BCUT2D eigenvalue weighted by Gasteiger charge is -2.59. The van der Waals surface area contributed by atoms with Crippen LogP contribution in [-0.4, -0.2) is 35.9 Å².